The van der Waals surface area contributed by atoms with E-state index in [0.29, 0.717) is 0 Å². The third-order valence-corrected chi connectivity index (χ3v) is 6.78. The number of unbranched alkanes of at least 4 members (excludes halogenated alkanes) is 14. The maximum absolute atomic E-state index is 6.33. The van der Waals surface area contributed by atoms with E-state index in [4.69, 9.17) is 22.7 Å². The smallest absolute Gasteiger partial charge is 0.150 e. The van der Waals surface area contributed by atoms with Crippen LogP contribution in [0.15, 0.2) is 0 Å². The van der Waals surface area contributed by atoms with E-state index in [0.717, 1.165) is 5.88 Å². The van der Waals surface area contributed by atoms with Crippen LogP contribution in [0.25, 0.3) is 0 Å². The van der Waals surface area contributed by atoms with Crippen LogP contribution in [0.1, 0.15) is 96.3 Å². The molecule has 0 saturated carbocycles. The van der Waals surface area contributed by atoms with Gasteiger partial charge in [0.15, 0.2) is 0 Å². The number of hydrogen-bond acceptors (Lipinski definition) is 0. The molecule has 0 rings (SSSR count). The zero-order chi connectivity index (χ0) is 16.5. The second-order valence-corrected chi connectivity index (χ2v) is 14.8. The summed E-state index contributed by atoms with van der Waals surface area (Å²) in [6.45, 7) is 4.52. The Morgan fingerprint density at radius 3 is 1.05 bits per heavy atom. The van der Waals surface area contributed by atoms with Crippen molar-refractivity contribution in [2.45, 2.75) is 115 Å². The molecule has 0 radical (unpaired) electrons. The van der Waals surface area contributed by atoms with E-state index in [1.54, 1.807) is 0 Å². The van der Waals surface area contributed by atoms with Crippen LogP contribution in [0.4, 0.5) is 0 Å². The van der Waals surface area contributed by atoms with Crippen LogP contribution >= 0.6 is 22.7 Å². The van der Waals surface area contributed by atoms with Crippen molar-refractivity contribution in [3.8, 4) is 0 Å². The lowest BCUT2D eigenvalue weighted by Gasteiger charge is -2.11. The molecule has 0 heterocycles. The van der Waals surface area contributed by atoms with E-state index in [-0.39, 0.29) is 0 Å². The zero-order valence-corrected chi connectivity index (χ0v) is 17.8. The van der Waals surface area contributed by atoms with Gasteiger partial charge in [0, 0.05) is 5.88 Å². The molecular weight excluding hydrogens is 327 g/mol. The van der Waals surface area contributed by atoms with Crippen LogP contribution in [0.2, 0.25) is 19.1 Å². The van der Waals surface area contributed by atoms with Crippen LogP contribution < -0.4 is 0 Å². The van der Waals surface area contributed by atoms with Crippen molar-refractivity contribution in [3.05, 3.63) is 0 Å². The normalized spacial score (nSPS) is 12.0. The van der Waals surface area contributed by atoms with Crippen molar-refractivity contribution in [2.24, 2.45) is 0 Å². The third kappa shape index (κ3) is 20.8. The summed E-state index contributed by atoms with van der Waals surface area (Å²) in [6.07, 6.45) is 21.1. The quantitative estimate of drug-likeness (QED) is 0.105. The van der Waals surface area contributed by atoms with Crippen molar-refractivity contribution in [3.63, 3.8) is 0 Å². The minimum Gasteiger partial charge on any atom is -0.168 e. The van der Waals surface area contributed by atoms with Crippen LogP contribution in [-0.2, 0) is 0 Å². The van der Waals surface area contributed by atoms with Gasteiger partial charge in [0.25, 0.3) is 0 Å². The van der Waals surface area contributed by atoms with Gasteiger partial charge < -0.3 is 0 Å². The fourth-order valence-corrected chi connectivity index (χ4v) is 4.62. The molecule has 0 amide bonds. The Kier molecular flexibility index (Phi) is 17.3. The topological polar surface area (TPSA) is 0 Å². The largest absolute Gasteiger partial charge is 0.168 e. The van der Waals surface area contributed by atoms with Crippen LogP contribution in [0.5, 0.6) is 0 Å². The van der Waals surface area contributed by atoms with Crippen molar-refractivity contribution in [1.29, 1.82) is 0 Å². The first-order chi connectivity index (χ1) is 10.6. The highest BCUT2D eigenvalue weighted by Gasteiger charge is 2.15. The van der Waals surface area contributed by atoms with Gasteiger partial charge in [-0.3, -0.25) is 0 Å². The van der Waals surface area contributed by atoms with Crippen molar-refractivity contribution >= 4 is 30.1 Å². The minimum absolute atomic E-state index is 0.840. The monoisotopic (exact) mass is 366 g/mol. The summed E-state index contributed by atoms with van der Waals surface area (Å²) in [5, 5.41) is 0. The number of rotatable bonds is 17. The first-order valence-electron chi connectivity index (χ1n) is 9.81. The average molecular weight is 368 g/mol. The summed E-state index contributed by atoms with van der Waals surface area (Å²) in [5.74, 6) is 0.840. The average Bonchev–Trinajstić information content (AvgIpc) is 2.45. The Labute approximate surface area is 151 Å². The molecule has 134 valence electrons. The fraction of sp³-hybridized carbons (Fsp3) is 1.00. The van der Waals surface area contributed by atoms with Crippen molar-refractivity contribution in [2.75, 3.05) is 5.88 Å². The molecule has 0 unspecified atom stereocenters. The predicted molar refractivity (Wildman–Crippen MR) is 108 cm³/mol. The summed E-state index contributed by atoms with van der Waals surface area (Å²) in [4.78, 5) is 0. The van der Waals surface area contributed by atoms with Gasteiger partial charge in [-0.15, -0.1) is 11.6 Å². The number of hydrogen-bond donors (Lipinski definition) is 0. The summed E-state index contributed by atoms with van der Waals surface area (Å²) in [6, 6.07) is 1.29. The fourth-order valence-electron chi connectivity index (χ4n) is 2.94. The molecule has 0 aromatic carbocycles. The molecule has 0 aromatic heterocycles. The Bertz CT molecular complexity index is 214. The molecule has 22 heavy (non-hydrogen) atoms. The summed E-state index contributed by atoms with van der Waals surface area (Å²) < 4.78 is 0. The minimum atomic E-state index is -1.30. The standard InChI is InChI=1S/C19H40Cl2Si/c1-22(2,21)19-17-15-13-11-9-7-5-3-4-6-8-10-12-14-16-18-20/h3-19H2,1-2H3. The van der Waals surface area contributed by atoms with E-state index in [1.807, 2.05) is 0 Å². The highest BCUT2D eigenvalue weighted by atomic mass is 35.6. The van der Waals surface area contributed by atoms with Gasteiger partial charge in [0.2, 0.25) is 0 Å². The lowest BCUT2D eigenvalue weighted by Crippen LogP contribution is -2.14. The van der Waals surface area contributed by atoms with E-state index in [1.165, 1.54) is 102 Å². The molecule has 0 aliphatic carbocycles. The molecule has 3 heteroatoms. The maximum atomic E-state index is 6.33. The SMILES string of the molecule is C[Si](C)(Cl)CCCCCCCCCCCCCCCCCCl. The van der Waals surface area contributed by atoms with E-state index >= 15 is 0 Å². The van der Waals surface area contributed by atoms with Crippen molar-refractivity contribution in [1.82, 2.24) is 0 Å². The molecule has 0 aliphatic rings. The predicted octanol–water partition coefficient (Wildman–Crippen LogP) is 8.52. The molecule has 0 fully saturated rings. The molecule has 0 saturated heterocycles. The second-order valence-electron chi connectivity index (χ2n) is 7.46. The van der Waals surface area contributed by atoms with E-state index in [9.17, 15) is 0 Å². The Hall–Kier alpha value is 0.797. The summed E-state index contributed by atoms with van der Waals surface area (Å²) >= 11 is 12.0. The number of alkyl halides is 1. The Balaban J connectivity index is 3.00. The highest BCUT2D eigenvalue weighted by Crippen LogP contribution is 2.19. The van der Waals surface area contributed by atoms with Gasteiger partial charge >= 0.3 is 0 Å². The zero-order valence-electron chi connectivity index (χ0n) is 15.3. The molecule has 0 nitrogen and oxygen atoms in total. The van der Waals surface area contributed by atoms with E-state index in [2.05, 4.69) is 13.1 Å². The molecular formula is C19H40Cl2Si. The molecule has 0 bridgehead atoms. The van der Waals surface area contributed by atoms with Gasteiger partial charge in [0.05, 0.1) is 0 Å². The molecule has 0 spiro atoms. The van der Waals surface area contributed by atoms with Gasteiger partial charge in [-0.2, -0.15) is 11.1 Å². The molecule has 0 atom stereocenters. The first-order valence-corrected chi connectivity index (χ1v) is 14.6. The summed E-state index contributed by atoms with van der Waals surface area (Å²) in [7, 11) is -1.30. The van der Waals surface area contributed by atoms with Gasteiger partial charge in [-0.1, -0.05) is 103 Å². The number of halogens is 2. The Morgan fingerprint density at radius 1 is 0.500 bits per heavy atom. The summed E-state index contributed by atoms with van der Waals surface area (Å²) in [5.41, 5.74) is 0. The maximum Gasteiger partial charge on any atom is 0.150 e. The third-order valence-electron chi connectivity index (χ3n) is 4.40. The first kappa shape index (κ1) is 22.8. The lowest BCUT2D eigenvalue weighted by molar-refractivity contribution is 0.534. The van der Waals surface area contributed by atoms with Crippen LogP contribution in [-0.4, -0.2) is 13.3 Å². The molecule has 0 aliphatic heterocycles. The van der Waals surface area contributed by atoms with E-state index < -0.39 is 7.38 Å². The van der Waals surface area contributed by atoms with Gasteiger partial charge in [-0.05, 0) is 12.5 Å². The van der Waals surface area contributed by atoms with Crippen molar-refractivity contribution < 1.29 is 0 Å². The van der Waals surface area contributed by atoms with Gasteiger partial charge in [-0.25, -0.2) is 0 Å². The highest BCUT2D eigenvalue weighted by molar-refractivity contribution is 7.19. The van der Waals surface area contributed by atoms with Gasteiger partial charge in [0.1, 0.15) is 7.38 Å². The lowest BCUT2D eigenvalue weighted by atomic mass is 10.0. The second kappa shape index (κ2) is 16.6. The Morgan fingerprint density at radius 2 is 0.773 bits per heavy atom. The molecule has 0 N–H and O–H groups in total. The molecule has 0 aromatic rings. The van der Waals surface area contributed by atoms with Crippen LogP contribution in [0.3, 0.4) is 0 Å². The van der Waals surface area contributed by atoms with Crippen LogP contribution in [0, 0.1) is 0 Å².